The molecule has 1 atom stereocenters. The van der Waals surface area contributed by atoms with Gasteiger partial charge in [0.15, 0.2) is 0 Å². The summed E-state index contributed by atoms with van der Waals surface area (Å²) in [5.41, 5.74) is 0. The fourth-order valence-electron chi connectivity index (χ4n) is 0.586. The molecular formula is C6H11BrO2. The Morgan fingerprint density at radius 2 is 2.33 bits per heavy atom. The highest BCUT2D eigenvalue weighted by Gasteiger charge is 2.05. The molecule has 0 aliphatic carbocycles. The third-order valence-corrected chi connectivity index (χ3v) is 1.58. The number of rotatable bonds is 4. The minimum absolute atomic E-state index is 0.283. The van der Waals surface area contributed by atoms with Gasteiger partial charge >= 0.3 is 5.97 Å². The van der Waals surface area contributed by atoms with E-state index in [2.05, 4.69) is 15.9 Å². The predicted molar refractivity (Wildman–Crippen MR) is 39.8 cm³/mol. The smallest absolute Gasteiger partial charge is 0.303 e. The van der Waals surface area contributed by atoms with Crippen LogP contribution in [0.15, 0.2) is 0 Å². The molecule has 0 aromatic rings. The first kappa shape index (κ1) is 8.95. The Morgan fingerprint density at radius 1 is 1.78 bits per heavy atom. The molecule has 0 aromatic carbocycles. The molecule has 9 heavy (non-hydrogen) atoms. The molecular weight excluding hydrogens is 184 g/mol. The zero-order valence-electron chi connectivity index (χ0n) is 5.43. The van der Waals surface area contributed by atoms with Crippen LogP contribution in [0.1, 0.15) is 19.8 Å². The molecule has 0 aromatic heterocycles. The molecule has 0 rings (SSSR count). The Bertz CT molecular complexity index is 93.1. The Kier molecular flexibility index (Phi) is 4.77. The summed E-state index contributed by atoms with van der Waals surface area (Å²) in [6.45, 7) is 1.94. The van der Waals surface area contributed by atoms with E-state index >= 15 is 0 Å². The number of halogens is 1. The number of alkyl halides is 1. The van der Waals surface area contributed by atoms with E-state index in [0.29, 0.717) is 5.92 Å². The summed E-state index contributed by atoms with van der Waals surface area (Å²) in [6, 6.07) is 0. The SMILES string of the molecule is CC(CCBr)CC(=O)O. The Morgan fingerprint density at radius 3 is 2.67 bits per heavy atom. The van der Waals surface area contributed by atoms with Crippen LogP contribution < -0.4 is 0 Å². The number of carbonyl (C=O) groups is 1. The molecule has 3 heteroatoms. The van der Waals surface area contributed by atoms with Gasteiger partial charge in [0.05, 0.1) is 0 Å². The van der Waals surface area contributed by atoms with Crippen LogP contribution in [0.3, 0.4) is 0 Å². The summed E-state index contributed by atoms with van der Waals surface area (Å²) in [6.07, 6.45) is 1.22. The molecule has 0 aliphatic heterocycles. The summed E-state index contributed by atoms with van der Waals surface area (Å²) in [7, 11) is 0. The predicted octanol–water partition coefficient (Wildman–Crippen LogP) is 1.88. The molecule has 0 saturated heterocycles. The van der Waals surface area contributed by atoms with Crippen molar-refractivity contribution >= 4 is 21.9 Å². The second-order valence-electron chi connectivity index (χ2n) is 2.18. The summed E-state index contributed by atoms with van der Waals surface area (Å²) in [4.78, 5) is 10.1. The Labute approximate surface area is 63.4 Å². The molecule has 0 heterocycles. The average molecular weight is 195 g/mol. The van der Waals surface area contributed by atoms with Crippen molar-refractivity contribution in [3.63, 3.8) is 0 Å². The van der Waals surface area contributed by atoms with Crippen LogP contribution in [0.4, 0.5) is 0 Å². The zero-order valence-corrected chi connectivity index (χ0v) is 7.02. The van der Waals surface area contributed by atoms with E-state index < -0.39 is 5.97 Å². The highest BCUT2D eigenvalue weighted by Crippen LogP contribution is 2.08. The van der Waals surface area contributed by atoms with Gasteiger partial charge in [-0.3, -0.25) is 4.79 Å². The van der Waals surface area contributed by atoms with E-state index in [-0.39, 0.29) is 6.42 Å². The van der Waals surface area contributed by atoms with Crippen LogP contribution in [0.5, 0.6) is 0 Å². The average Bonchev–Trinajstić information content (AvgIpc) is 1.63. The first-order valence-corrected chi connectivity index (χ1v) is 4.06. The maximum absolute atomic E-state index is 10.1. The van der Waals surface area contributed by atoms with Crippen molar-refractivity contribution in [2.45, 2.75) is 19.8 Å². The lowest BCUT2D eigenvalue weighted by atomic mass is 10.1. The third-order valence-electron chi connectivity index (χ3n) is 1.12. The molecule has 0 radical (unpaired) electrons. The number of carboxylic acids is 1. The maximum atomic E-state index is 10.1. The van der Waals surface area contributed by atoms with E-state index in [4.69, 9.17) is 5.11 Å². The van der Waals surface area contributed by atoms with Crippen molar-refractivity contribution in [3.05, 3.63) is 0 Å². The second-order valence-corrected chi connectivity index (χ2v) is 2.97. The normalized spacial score (nSPS) is 13.1. The molecule has 0 aliphatic rings. The van der Waals surface area contributed by atoms with Gasteiger partial charge in [0.25, 0.3) is 0 Å². The highest BCUT2D eigenvalue weighted by atomic mass is 79.9. The summed E-state index contributed by atoms with van der Waals surface area (Å²) in [5.74, 6) is -0.412. The number of hydrogen-bond donors (Lipinski definition) is 1. The van der Waals surface area contributed by atoms with Crippen LogP contribution in [0, 0.1) is 5.92 Å². The quantitative estimate of drug-likeness (QED) is 0.695. The van der Waals surface area contributed by atoms with Crippen molar-refractivity contribution in [1.82, 2.24) is 0 Å². The lowest BCUT2D eigenvalue weighted by Gasteiger charge is -2.03. The zero-order chi connectivity index (χ0) is 7.28. The second kappa shape index (κ2) is 4.79. The van der Waals surface area contributed by atoms with Crippen molar-refractivity contribution in [2.75, 3.05) is 5.33 Å². The molecule has 0 saturated carbocycles. The standard InChI is InChI=1S/C6H11BrO2/c1-5(2-3-7)4-6(8)9/h5H,2-4H2,1H3,(H,8,9). The van der Waals surface area contributed by atoms with Gasteiger partial charge in [-0.15, -0.1) is 0 Å². The lowest BCUT2D eigenvalue weighted by Crippen LogP contribution is -2.04. The Balaban J connectivity index is 3.26. The van der Waals surface area contributed by atoms with E-state index in [1.165, 1.54) is 0 Å². The molecule has 0 bridgehead atoms. The molecule has 0 spiro atoms. The lowest BCUT2D eigenvalue weighted by molar-refractivity contribution is -0.137. The van der Waals surface area contributed by atoms with Crippen molar-refractivity contribution < 1.29 is 9.90 Å². The topological polar surface area (TPSA) is 37.3 Å². The fraction of sp³-hybridized carbons (Fsp3) is 0.833. The number of aliphatic carboxylic acids is 1. The van der Waals surface area contributed by atoms with E-state index in [9.17, 15) is 4.79 Å². The van der Waals surface area contributed by atoms with Crippen LogP contribution in [-0.4, -0.2) is 16.4 Å². The minimum atomic E-state index is -0.705. The van der Waals surface area contributed by atoms with E-state index in [1.54, 1.807) is 0 Å². The van der Waals surface area contributed by atoms with Gasteiger partial charge in [0.2, 0.25) is 0 Å². The first-order chi connectivity index (χ1) is 4.16. The molecule has 0 amide bonds. The van der Waals surface area contributed by atoms with Crippen LogP contribution in [0.2, 0.25) is 0 Å². The summed E-state index contributed by atoms with van der Waals surface area (Å²) < 4.78 is 0. The van der Waals surface area contributed by atoms with Crippen molar-refractivity contribution in [1.29, 1.82) is 0 Å². The summed E-state index contributed by atoms with van der Waals surface area (Å²) in [5, 5.41) is 9.19. The van der Waals surface area contributed by atoms with Crippen molar-refractivity contribution in [3.8, 4) is 0 Å². The maximum Gasteiger partial charge on any atom is 0.303 e. The van der Waals surface area contributed by atoms with Gasteiger partial charge in [-0.2, -0.15) is 0 Å². The first-order valence-electron chi connectivity index (χ1n) is 2.94. The highest BCUT2D eigenvalue weighted by molar-refractivity contribution is 9.09. The van der Waals surface area contributed by atoms with Gasteiger partial charge in [0.1, 0.15) is 0 Å². The largest absolute Gasteiger partial charge is 0.481 e. The Hall–Kier alpha value is -0.0500. The number of carboxylic acid groups (broad SMARTS) is 1. The van der Waals surface area contributed by atoms with Gasteiger partial charge in [-0.25, -0.2) is 0 Å². The van der Waals surface area contributed by atoms with Crippen LogP contribution in [-0.2, 0) is 4.79 Å². The van der Waals surface area contributed by atoms with Gasteiger partial charge < -0.3 is 5.11 Å². The van der Waals surface area contributed by atoms with Gasteiger partial charge in [0, 0.05) is 11.8 Å². The number of hydrogen-bond acceptors (Lipinski definition) is 1. The third kappa shape index (κ3) is 5.83. The van der Waals surface area contributed by atoms with Gasteiger partial charge in [-0.1, -0.05) is 22.9 Å². The van der Waals surface area contributed by atoms with Gasteiger partial charge in [-0.05, 0) is 12.3 Å². The van der Waals surface area contributed by atoms with E-state index in [1.807, 2.05) is 6.92 Å². The molecule has 54 valence electrons. The minimum Gasteiger partial charge on any atom is -0.481 e. The van der Waals surface area contributed by atoms with E-state index in [0.717, 1.165) is 11.8 Å². The molecule has 1 N–H and O–H groups in total. The molecule has 2 nitrogen and oxygen atoms in total. The fourth-order valence-corrected chi connectivity index (χ4v) is 1.37. The molecule has 1 unspecified atom stereocenters. The van der Waals surface area contributed by atoms with Crippen LogP contribution in [0.25, 0.3) is 0 Å². The van der Waals surface area contributed by atoms with Crippen LogP contribution >= 0.6 is 15.9 Å². The monoisotopic (exact) mass is 194 g/mol. The molecule has 0 fully saturated rings. The summed E-state index contributed by atoms with van der Waals surface area (Å²) >= 11 is 3.25. The van der Waals surface area contributed by atoms with Crippen molar-refractivity contribution in [2.24, 2.45) is 5.92 Å².